The maximum atomic E-state index is 4.39. The van der Waals surface area contributed by atoms with Gasteiger partial charge in [0.25, 0.3) is 0 Å². The summed E-state index contributed by atoms with van der Waals surface area (Å²) in [6.07, 6.45) is 0. The molecular weight excluding hydrogens is 212 g/mol. The molecule has 0 saturated carbocycles. The van der Waals surface area contributed by atoms with Crippen LogP contribution in [0.4, 0.5) is 0 Å². The molecule has 0 bridgehead atoms. The van der Waals surface area contributed by atoms with Crippen LogP contribution in [0.25, 0.3) is 0 Å². The van der Waals surface area contributed by atoms with E-state index in [0.717, 1.165) is 23.8 Å². The van der Waals surface area contributed by atoms with Crippen LogP contribution < -0.4 is 5.32 Å². The van der Waals surface area contributed by atoms with E-state index in [1.165, 1.54) is 5.56 Å². The average molecular weight is 224 g/mol. The zero-order valence-electron chi connectivity index (χ0n) is 7.99. The highest BCUT2D eigenvalue weighted by Gasteiger charge is 1.97. The van der Waals surface area contributed by atoms with Crippen molar-refractivity contribution in [3.8, 4) is 0 Å². The molecule has 2 nitrogen and oxygen atoms in total. The molecule has 2 rings (SSSR count). The lowest BCUT2D eigenvalue weighted by Crippen LogP contribution is -2.12. The van der Waals surface area contributed by atoms with Crippen molar-refractivity contribution < 1.29 is 0 Å². The third-order valence-corrected chi connectivity index (χ3v) is 3.44. The van der Waals surface area contributed by atoms with Gasteiger partial charge in [-0.15, -0.1) is 11.3 Å². The zero-order valence-corrected chi connectivity index (χ0v) is 9.62. The highest BCUT2D eigenvalue weighted by Crippen LogP contribution is 2.08. The number of nitrogens with one attached hydrogen (secondary N) is 1. The van der Waals surface area contributed by atoms with E-state index in [1.807, 2.05) is 6.92 Å². The molecule has 0 aliphatic rings. The van der Waals surface area contributed by atoms with Crippen LogP contribution >= 0.6 is 22.7 Å². The maximum absolute atomic E-state index is 4.39. The second-order valence-corrected chi connectivity index (χ2v) is 4.94. The molecule has 0 aliphatic heterocycles. The highest BCUT2D eigenvalue weighted by molar-refractivity contribution is 7.09. The fourth-order valence-electron chi connectivity index (χ4n) is 1.22. The van der Waals surface area contributed by atoms with Crippen LogP contribution in [0.1, 0.15) is 16.3 Å². The Labute approximate surface area is 91.6 Å². The van der Waals surface area contributed by atoms with Crippen LogP contribution in [-0.4, -0.2) is 4.98 Å². The predicted molar refractivity (Wildman–Crippen MR) is 61.7 cm³/mol. The third-order valence-electron chi connectivity index (χ3n) is 1.88. The summed E-state index contributed by atoms with van der Waals surface area (Å²) in [7, 11) is 0. The smallest absolute Gasteiger partial charge is 0.0897 e. The number of aryl methyl sites for hydroxylation is 1. The fraction of sp³-hybridized carbons (Fsp3) is 0.300. The molecule has 2 aromatic rings. The van der Waals surface area contributed by atoms with Crippen molar-refractivity contribution in [1.82, 2.24) is 10.3 Å². The van der Waals surface area contributed by atoms with Crippen molar-refractivity contribution in [2.45, 2.75) is 20.0 Å². The van der Waals surface area contributed by atoms with E-state index in [-0.39, 0.29) is 0 Å². The van der Waals surface area contributed by atoms with Gasteiger partial charge in [-0.2, -0.15) is 11.3 Å². The molecule has 2 heterocycles. The second kappa shape index (κ2) is 4.68. The molecule has 0 aromatic carbocycles. The fourth-order valence-corrected chi connectivity index (χ4v) is 2.50. The topological polar surface area (TPSA) is 24.9 Å². The summed E-state index contributed by atoms with van der Waals surface area (Å²) < 4.78 is 0. The van der Waals surface area contributed by atoms with Crippen LogP contribution in [-0.2, 0) is 13.1 Å². The molecule has 0 spiro atoms. The molecule has 0 unspecified atom stereocenters. The lowest BCUT2D eigenvalue weighted by Gasteiger charge is -1.99. The molecule has 74 valence electrons. The van der Waals surface area contributed by atoms with Gasteiger partial charge in [0.2, 0.25) is 0 Å². The normalized spacial score (nSPS) is 10.6. The largest absolute Gasteiger partial charge is 0.307 e. The Morgan fingerprint density at radius 3 is 2.93 bits per heavy atom. The molecule has 0 saturated heterocycles. The van der Waals surface area contributed by atoms with Crippen molar-refractivity contribution in [1.29, 1.82) is 0 Å². The Balaban J connectivity index is 1.78. The first kappa shape index (κ1) is 9.83. The number of hydrogen-bond acceptors (Lipinski definition) is 4. The maximum Gasteiger partial charge on any atom is 0.0897 e. The minimum Gasteiger partial charge on any atom is -0.307 e. The van der Waals surface area contributed by atoms with Crippen LogP contribution in [0.15, 0.2) is 22.2 Å². The Bertz CT molecular complexity index is 378. The first-order valence-corrected chi connectivity index (χ1v) is 6.29. The van der Waals surface area contributed by atoms with Crippen molar-refractivity contribution >= 4 is 22.7 Å². The van der Waals surface area contributed by atoms with E-state index in [2.05, 4.69) is 32.5 Å². The molecule has 1 N–H and O–H groups in total. The summed E-state index contributed by atoms with van der Waals surface area (Å²) in [5.41, 5.74) is 2.49. The Hall–Kier alpha value is -0.710. The Morgan fingerprint density at radius 2 is 2.29 bits per heavy atom. The third kappa shape index (κ3) is 2.64. The predicted octanol–water partition coefficient (Wildman–Crippen LogP) is 2.80. The van der Waals surface area contributed by atoms with E-state index < -0.39 is 0 Å². The van der Waals surface area contributed by atoms with Crippen LogP contribution in [0, 0.1) is 6.92 Å². The molecule has 0 atom stereocenters. The molecule has 0 fully saturated rings. The molecular formula is C10H12N2S2. The van der Waals surface area contributed by atoms with Gasteiger partial charge in [-0.3, -0.25) is 0 Å². The van der Waals surface area contributed by atoms with Gasteiger partial charge in [0.15, 0.2) is 0 Å². The number of rotatable bonds is 4. The van der Waals surface area contributed by atoms with Crippen molar-refractivity contribution in [2.24, 2.45) is 0 Å². The number of thiophene rings is 1. The number of nitrogens with zero attached hydrogens (tertiary/aromatic N) is 1. The lowest BCUT2D eigenvalue weighted by atomic mass is 10.3. The Morgan fingerprint density at radius 1 is 1.36 bits per heavy atom. The number of thiazole rings is 1. The van der Waals surface area contributed by atoms with Crippen molar-refractivity contribution in [3.05, 3.63) is 38.5 Å². The lowest BCUT2D eigenvalue weighted by molar-refractivity contribution is 0.683. The average Bonchev–Trinajstić information content (AvgIpc) is 2.77. The van der Waals surface area contributed by atoms with Crippen LogP contribution in [0.2, 0.25) is 0 Å². The quantitative estimate of drug-likeness (QED) is 0.864. The summed E-state index contributed by atoms with van der Waals surface area (Å²) in [6.45, 7) is 3.83. The van der Waals surface area contributed by atoms with Gasteiger partial charge < -0.3 is 5.32 Å². The molecule has 0 aliphatic carbocycles. The molecule has 14 heavy (non-hydrogen) atoms. The van der Waals surface area contributed by atoms with E-state index in [0.29, 0.717) is 0 Å². The minimum atomic E-state index is 0.861. The zero-order chi connectivity index (χ0) is 9.80. The van der Waals surface area contributed by atoms with E-state index in [9.17, 15) is 0 Å². The van der Waals surface area contributed by atoms with Crippen LogP contribution in [0.5, 0.6) is 0 Å². The van der Waals surface area contributed by atoms with Gasteiger partial charge in [-0.05, 0) is 29.3 Å². The van der Waals surface area contributed by atoms with Crippen molar-refractivity contribution in [3.63, 3.8) is 0 Å². The van der Waals surface area contributed by atoms with Gasteiger partial charge in [-0.1, -0.05) is 0 Å². The molecule has 4 heteroatoms. The van der Waals surface area contributed by atoms with Gasteiger partial charge >= 0.3 is 0 Å². The summed E-state index contributed by atoms with van der Waals surface area (Å²) in [5.74, 6) is 0. The van der Waals surface area contributed by atoms with Gasteiger partial charge in [0, 0.05) is 18.5 Å². The monoisotopic (exact) mass is 224 g/mol. The highest BCUT2D eigenvalue weighted by atomic mass is 32.1. The van der Waals surface area contributed by atoms with Gasteiger partial charge in [0.1, 0.15) is 0 Å². The summed E-state index contributed by atoms with van der Waals surface area (Å²) in [5, 5.41) is 10.9. The van der Waals surface area contributed by atoms with Gasteiger partial charge in [-0.25, -0.2) is 4.98 Å². The van der Waals surface area contributed by atoms with Gasteiger partial charge in [0.05, 0.1) is 10.7 Å². The molecule has 2 aromatic heterocycles. The van der Waals surface area contributed by atoms with E-state index >= 15 is 0 Å². The first-order valence-electron chi connectivity index (χ1n) is 4.47. The minimum absolute atomic E-state index is 0.861. The second-order valence-electron chi connectivity index (χ2n) is 3.09. The van der Waals surface area contributed by atoms with Crippen molar-refractivity contribution in [2.75, 3.05) is 0 Å². The summed E-state index contributed by atoms with van der Waals surface area (Å²) in [6, 6.07) is 2.14. The molecule has 0 amide bonds. The Kier molecular flexibility index (Phi) is 3.29. The SMILES string of the molecule is Cc1nc(CNCc2ccsc2)cs1. The van der Waals surface area contributed by atoms with Crippen LogP contribution in [0.3, 0.4) is 0 Å². The summed E-state index contributed by atoms with van der Waals surface area (Å²) in [4.78, 5) is 4.39. The molecule has 0 radical (unpaired) electrons. The summed E-state index contributed by atoms with van der Waals surface area (Å²) >= 11 is 3.44. The number of hydrogen-bond donors (Lipinski definition) is 1. The van der Waals surface area contributed by atoms with E-state index in [1.54, 1.807) is 22.7 Å². The first-order chi connectivity index (χ1) is 6.84. The number of aromatic nitrogens is 1. The standard InChI is InChI=1S/C10H12N2S2/c1-8-12-10(7-14-8)5-11-4-9-2-3-13-6-9/h2-3,6-7,11H,4-5H2,1H3. The van der Waals surface area contributed by atoms with E-state index in [4.69, 9.17) is 0 Å².